The first-order valence-electron chi connectivity index (χ1n) is 12.0. The summed E-state index contributed by atoms with van der Waals surface area (Å²) < 4.78 is 17.1. The molecule has 2 unspecified atom stereocenters. The van der Waals surface area contributed by atoms with Crippen molar-refractivity contribution in [3.63, 3.8) is 0 Å². The average molecular weight is 706 g/mol. The molecule has 2 aromatic carbocycles. The fraction of sp³-hybridized carbons (Fsp3) is 0.500. The van der Waals surface area contributed by atoms with E-state index in [4.69, 9.17) is 19.9 Å². The van der Waals surface area contributed by atoms with Crippen LogP contribution in [0.15, 0.2) is 6.07 Å². The van der Waals surface area contributed by atoms with Gasteiger partial charge in [-0.1, -0.05) is 6.07 Å². The van der Waals surface area contributed by atoms with E-state index < -0.39 is 6.04 Å². The maximum Gasteiger partial charge on any atom is 0.231 e. The molecule has 6 rings (SSSR count). The van der Waals surface area contributed by atoms with Crippen LogP contribution in [0, 0.1) is 69.2 Å². The Morgan fingerprint density at radius 3 is 2.53 bits per heavy atom. The number of benzene rings is 2. The van der Waals surface area contributed by atoms with E-state index in [0.29, 0.717) is 35.7 Å². The van der Waals surface area contributed by atoms with Crippen LogP contribution in [0.4, 0.5) is 0 Å². The van der Waals surface area contributed by atoms with Gasteiger partial charge in [0.15, 0.2) is 23.0 Å². The summed E-state index contributed by atoms with van der Waals surface area (Å²) in [6.45, 7) is 4.08. The number of fused-ring (bicyclic) bond motifs is 9. The number of hydrogen-bond acceptors (Lipinski definition) is 9. The smallest absolute Gasteiger partial charge is 0.231 e. The summed E-state index contributed by atoms with van der Waals surface area (Å²) >= 11 is 0. The predicted octanol–water partition coefficient (Wildman–Crippen LogP) is 2.18. The third-order valence-corrected chi connectivity index (χ3v) is 8.52. The molecule has 9 nitrogen and oxygen atoms in total. The van der Waals surface area contributed by atoms with Crippen molar-refractivity contribution in [3.05, 3.63) is 39.4 Å². The first kappa shape index (κ1) is 25.9. The van der Waals surface area contributed by atoms with Gasteiger partial charge in [-0.3, -0.25) is 9.80 Å². The molecule has 0 spiro atoms. The number of nitriles is 1. The number of aromatic hydroxyl groups is 2. The number of nitrogens with two attached hydrogens (primary N) is 1. The van der Waals surface area contributed by atoms with Crippen LogP contribution in [0.5, 0.6) is 28.7 Å². The van der Waals surface area contributed by atoms with E-state index in [2.05, 4.69) is 21.9 Å². The minimum Gasteiger partial charge on any atom is -0.507 e. The molecule has 187 valence electrons. The van der Waals surface area contributed by atoms with Gasteiger partial charge in [0.05, 0.1) is 25.3 Å². The normalized spacial score (nSPS) is 27.8. The molecule has 1 fully saturated rings. The van der Waals surface area contributed by atoms with E-state index >= 15 is 0 Å². The summed E-state index contributed by atoms with van der Waals surface area (Å²) in [5.74, 6) is 1.96. The summed E-state index contributed by atoms with van der Waals surface area (Å²) in [6, 6.07) is 3.37. The van der Waals surface area contributed by atoms with Crippen LogP contribution in [-0.4, -0.2) is 65.6 Å². The van der Waals surface area contributed by atoms with Gasteiger partial charge in [0.2, 0.25) is 6.79 Å². The summed E-state index contributed by atoms with van der Waals surface area (Å²) in [6.07, 6.45) is 1.10. The quantitative estimate of drug-likeness (QED) is 0.432. The third-order valence-electron chi connectivity index (χ3n) is 8.52. The number of phenolic OH excluding ortho intramolecular Hbond substituents is 2. The Labute approximate surface area is 246 Å². The molecule has 4 heterocycles. The molecule has 0 aromatic heterocycles. The van der Waals surface area contributed by atoms with E-state index in [-0.39, 0.29) is 93.1 Å². The first-order valence-corrected chi connectivity index (χ1v) is 12.0. The Kier molecular flexibility index (Phi) is 6.63. The van der Waals surface area contributed by atoms with Gasteiger partial charge in [0, 0.05) is 84.9 Å². The summed E-state index contributed by atoms with van der Waals surface area (Å²) in [5.41, 5.74) is 11.3. The zero-order valence-corrected chi connectivity index (χ0v) is 25.7. The number of hydrogen-bond donors (Lipinski definition) is 3. The van der Waals surface area contributed by atoms with Crippen molar-refractivity contribution >= 4 is 0 Å². The van der Waals surface area contributed by atoms with E-state index in [0.717, 1.165) is 27.8 Å². The first-order chi connectivity index (χ1) is 16.8. The number of nitrogens with zero attached hydrogens (tertiary/aromatic N) is 3. The minimum absolute atomic E-state index is 0. The largest absolute Gasteiger partial charge is 0.507 e. The van der Waals surface area contributed by atoms with E-state index in [1.165, 1.54) is 0 Å². The molecule has 1 radical (unpaired) electrons. The molecule has 1 saturated heterocycles. The van der Waals surface area contributed by atoms with Gasteiger partial charge in [-0.15, -0.1) is 0 Å². The number of rotatable bonds is 2. The van der Waals surface area contributed by atoms with Gasteiger partial charge in [0.25, 0.3) is 0 Å². The van der Waals surface area contributed by atoms with Crippen LogP contribution < -0.4 is 19.9 Å². The van der Waals surface area contributed by atoms with Gasteiger partial charge in [-0.05, 0) is 44.9 Å². The fourth-order valence-corrected chi connectivity index (χ4v) is 7.07. The summed E-state index contributed by atoms with van der Waals surface area (Å²) in [4.78, 5) is 4.41. The molecule has 0 saturated carbocycles. The Balaban J connectivity index is 0.00000267. The zero-order chi connectivity index (χ0) is 24.8. The van der Waals surface area contributed by atoms with Crippen LogP contribution in [0.3, 0.4) is 0 Å². The minimum atomic E-state index is -0.429. The van der Waals surface area contributed by atoms with Gasteiger partial charge in [-0.25, -0.2) is 0 Å². The average Bonchev–Trinajstić information content (AvgIpc) is 3.32. The Morgan fingerprint density at radius 2 is 1.86 bits per heavy atom. The van der Waals surface area contributed by atoms with Crippen molar-refractivity contribution in [2.75, 3.05) is 27.5 Å². The van der Waals surface area contributed by atoms with Gasteiger partial charge >= 0.3 is 0 Å². The van der Waals surface area contributed by atoms with Gasteiger partial charge < -0.3 is 30.2 Å². The number of methoxy groups -OCH3 is 1. The monoisotopic (exact) mass is 705 g/mol. The molecule has 10 heteroatoms. The van der Waals surface area contributed by atoms with Crippen LogP contribution in [0.25, 0.3) is 0 Å². The molecule has 4 N–H and O–H groups in total. The molecule has 5 atom stereocenters. The molecule has 0 aliphatic carbocycles. The standard InChI is InChI=1S/C26H30N4O5.Ac/c1-11-5-13-6-15-17(8-27)30-16(21(29(15)3)19(13)23(32)24(11)33-4)7-14-20(18(30)9-28)26-25(34-10-35-26)12(2)22(14)31;/h5,15-18,21,31-32H,6-7,9-10,28H2,1-4H3;/t15-,16?,17?,18-,21-;/m0./s1. The molecule has 2 aromatic rings. The van der Waals surface area contributed by atoms with E-state index in [1.807, 2.05) is 20.9 Å². The van der Waals surface area contributed by atoms with Crippen LogP contribution in [-0.2, 0) is 12.8 Å². The van der Waals surface area contributed by atoms with E-state index in [1.54, 1.807) is 7.11 Å². The molecule has 36 heavy (non-hydrogen) atoms. The number of piperazine rings is 1. The van der Waals surface area contributed by atoms with Crippen molar-refractivity contribution in [2.45, 2.75) is 56.9 Å². The Morgan fingerprint density at radius 1 is 1.14 bits per heavy atom. The van der Waals surface area contributed by atoms with E-state index in [9.17, 15) is 15.5 Å². The van der Waals surface area contributed by atoms with Crippen LogP contribution in [0.2, 0.25) is 0 Å². The second kappa shape index (κ2) is 9.22. The van der Waals surface area contributed by atoms with Crippen molar-refractivity contribution < 1.29 is 68.5 Å². The third kappa shape index (κ3) is 3.26. The second-order valence-corrected chi connectivity index (χ2v) is 10.0. The summed E-state index contributed by atoms with van der Waals surface area (Å²) in [7, 11) is 3.58. The zero-order valence-electron chi connectivity index (χ0n) is 20.9. The van der Waals surface area contributed by atoms with Gasteiger partial charge in [-0.2, -0.15) is 5.26 Å². The number of likely N-dealkylation sites (N-methyl/N-ethyl adjacent to an activating group) is 1. The summed E-state index contributed by atoms with van der Waals surface area (Å²) in [5, 5.41) is 33.0. The number of phenols is 2. The maximum absolute atomic E-state index is 11.4. The number of aryl methyl sites for hydroxylation is 1. The molecule has 4 aliphatic rings. The van der Waals surface area contributed by atoms with Gasteiger partial charge in [0.1, 0.15) is 11.8 Å². The van der Waals surface area contributed by atoms with Crippen LogP contribution >= 0.6 is 0 Å². The molecular weight excluding hydrogens is 675 g/mol. The van der Waals surface area contributed by atoms with Crippen molar-refractivity contribution in [3.8, 4) is 34.8 Å². The van der Waals surface area contributed by atoms with Crippen molar-refractivity contribution in [1.82, 2.24) is 9.80 Å². The van der Waals surface area contributed by atoms with Crippen molar-refractivity contribution in [1.29, 1.82) is 5.26 Å². The van der Waals surface area contributed by atoms with Crippen LogP contribution in [0.1, 0.15) is 45.5 Å². The fourth-order valence-electron chi connectivity index (χ4n) is 7.07. The number of ether oxygens (including phenoxy) is 3. The predicted molar refractivity (Wildman–Crippen MR) is 127 cm³/mol. The SMILES string of the molecule is COc1c(C)cc2c(c1O)[C@@H]1C3Cc4c(O)c(C)c5c(c4[C@H](CN)N3C(C#N)[C@H](C2)N1C)OCO5.[Ac]. The Bertz CT molecular complexity index is 1290. The molecule has 0 amide bonds. The molecule has 4 aliphatic heterocycles. The maximum atomic E-state index is 11.4. The topological polar surface area (TPSA) is 124 Å². The van der Waals surface area contributed by atoms with Crippen molar-refractivity contribution in [2.24, 2.45) is 5.73 Å². The Hall–Kier alpha value is -1.75. The second-order valence-electron chi connectivity index (χ2n) is 10.0. The molecular formula is C26H30AcN4O5. The molecule has 2 bridgehead atoms.